The first kappa shape index (κ1) is 24.8. The molecule has 1 aliphatic heterocycles. The molecule has 1 fully saturated rings. The van der Waals surface area contributed by atoms with E-state index in [1.807, 2.05) is 56.3 Å². The summed E-state index contributed by atoms with van der Waals surface area (Å²) in [6.07, 6.45) is 1.68. The molecule has 0 radical (unpaired) electrons. The van der Waals surface area contributed by atoms with Gasteiger partial charge in [-0.15, -0.1) is 0 Å². The lowest BCUT2D eigenvalue weighted by Gasteiger charge is -2.22. The highest BCUT2D eigenvalue weighted by Gasteiger charge is 2.32. The fraction of sp³-hybridized carbons (Fsp3) is 0.172. The van der Waals surface area contributed by atoms with E-state index in [0.29, 0.717) is 30.0 Å². The molecule has 38 heavy (non-hydrogen) atoms. The van der Waals surface area contributed by atoms with Gasteiger partial charge in [0.1, 0.15) is 0 Å². The second-order valence-electron chi connectivity index (χ2n) is 9.33. The van der Waals surface area contributed by atoms with Crippen LogP contribution in [0.1, 0.15) is 21.5 Å². The molecule has 1 aromatic heterocycles. The number of carbonyl (C=O) groups excluding carboxylic acids is 2. The third kappa shape index (κ3) is 4.61. The fourth-order valence-electron chi connectivity index (χ4n) is 4.59. The highest BCUT2D eigenvalue weighted by molar-refractivity contribution is 6.07. The summed E-state index contributed by atoms with van der Waals surface area (Å²) in [6, 6.07) is 20.1. The zero-order chi connectivity index (χ0) is 27.0. The van der Waals surface area contributed by atoms with E-state index in [1.54, 1.807) is 47.3 Å². The van der Waals surface area contributed by atoms with Gasteiger partial charge in [-0.1, -0.05) is 29.8 Å². The quantitative estimate of drug-likeness (QED) is 0.402. The van der Waals surface area contributed by atoms with Gasteiger partial charge in [0.25, 0.3) is 5.56 Å². The Morgan fingerprint density at radius 2 is 1.61 bits per heavy atom. The zero-order valence-electron chi connectivity index (χ0n) is 21.4. The Morgan fingerprint density at radius 3 is 2.29 bits per heavy atom. The number of urea groups is 1. The molecular weight excluding hydrogens is 480 g/mol. The third-order valence-corrected chi connectivity index (χ3v) is 6.73. The number of hydrogen-bond donors (Lipinski definition) is 2. The Bertz CT molecular complexity index is 1590. The van der Waals surface area contributed by atoms with Crippen molar-refractivity contribution in [1.29, 1.82) is 0 Å². The van der Waals surface area contributed by atoms with Crippen molar-refractivity contribution in [3.05, 3.63) is 100.0 Å². The van der Waals surface area contributed by atoms with E-state index in [-0.39, 0.29) is 17.4 Å². The van der Waals surface area contributed by atoms with Crippen LogP contribution in [0.15, 0.2) is 77.7 Å². The van der Waals surface area contributed by atoms with E-state index in [1.165, 1.54) is 4.57 Å². The highest BCUT2D eigenvalue weighted by Crippen LogP contribution is 2.33. The molecule has 3 N–H and O–H groups in total. The van der Waals surface area contributed by atoms with Gasteiger partial charge in [-0.3, -0.25) is 19.4 Å². The summed E-state index contributed by atoms with van der Waals surface area (Å²) < 4.78 is 1.47. The second kappa shape index (κ2) is 9.85. The lowest BCUT2D eigenvalue weighted by atomic mass is 10.0. The Balaban J connectivity index is 1.46. The van der Waals surface area contributed by atoms with E-state index in [4.69, 9.17) is 5.73 Å². The van der Waals surface area contributed by atoms with Crippen LogP contribution in [0.25, 0.3) is 11.3 Å². The zero-order valence-corrected chi connectivity index (χ0v) is 21.4. The largest absolute Gasteiger partial charge is 0.366 e. The maximum Gasteiger partial charge on any atom is 0.329 e. The van der Waals surface area contributed by atoms with Crippen LogP contribution >= 0.6 is 0 Å². The summed E-state index contributed by atoms with van der Waals surface area (Å²) in [5.74, 6) is -0.383. The topological polar surface area (TPSA) is 114 Å². The number of aromatic nitrogens is 2. The van der Waals surface area contributed by atoms with Crippen molar-refractivity contribution < 1.29 is 9.59 Å². The van der Waals surface area contributed by atoms with Gasteiger partial charge >= 0.3 is 6.03 Å². The van der Waals surface area contributed by atoms with Crippen LogP contribution in [0.5, 0.6) is 0 Å². The number of amides is 3. The lowest BCUT2D eigenvalue weighted by Crippen LogP contribution is -2.32. The van der Waals surface area contributed by atoms with Gasteiger partial charge < -0.3 is 15.6 Å². The Hall–Kier alpha value is -4.92. The van der Waals surface area contributed by atoms with Crippen molar-refractivity contribution in [2.75, 3.05) is 28.2 Å². The van der Waals surface area contributed by atoms with Crippen molar-refractivity contribution in [2.24, 2.45) is 12.8 Å². The molecule has 9 heteroatoms. The minimum Gasteiger partial charge on any atom is -0.366 e. The van der Waals surface area contributed by atoms with Crippen LogP contribution in [-0.2, 0) is 7.05 Å². The summed E-state index contributed by atoms with van der Waals surface area (Å²) in [5, 5.41) is 3.05. The highest BCUT2D eigenvalue weighted by atomic mass is 16.2. The molecule has 0 unspecified atom stereocenters. The molecule has 0 spiro atoms. The van der Waals surface area contributed by atoms with Gasteiger partial charge in [0.05, 0.1) is 5.69 Å². The molecule has 9 nitrogen and oxygen atoms in total. The summed E-state index contributed by atoms with van der Waals surface area (Å²) in [7, 11) is 1.66. The second-order valence-corrected chi connectivity index (χ2v) is 9.33. The number of hydrogen-bond acceptors (Lipinski definition) is 5. The fourth-order valence-corrected chi connectivity index (χ4v) is 4.59. The summed E-state index contributed by atoms with van der Waals surface area (Å²) in [4.78, 5) is 45.7. The van der Waals surface area contributed by atoms with Crippen molar-refractivity contribution in [1.82, 2.24) is 9.55 Å². The number of carbonyl (C=O) groups is 2. The molecule has 1 saturated heterocycles. The first-order valence-corrected chi connectivity index (χ1v) is 12.2. The molecule has 0 saturated carbocycles. The average molecular weight is 509 g/mol. The Morgan fingerprint density at radius 1 is 0.921 bits per heavy atom. The number of nitrogens with zero attached hydrogens (tertiary/aromatic N) is 4. The first-order chi connectivity index (χ1) is 18.2. The number of nitrogens with one attached hydrogen (secondary N) is 1. The standard InChI is InChI=1S/C29H28N6O3/c1-18-7-13-22(14-8-18)34-15-16-35(29(34)38)25-6-4-5-23(19(25)2)24-17-33(3)28(37)27(32-24)31-21-11-9-20(10-12-21)26(30)36/h4-14,17H,15-16H2,1-3H3,(H2,30,36)(H,31,32). The molecule has 3 amide bonds. The molecule has 192 valence electrons. The van der Waals surface area contributed by atoms with Crippen LogP contribution in [0.4, 0.5) is 27.7 Å². The number of nitrogens with two attached hydrogens (primary N) is 1. The normalized spacial score (nSPS) is 13.2. The van der Waals surface area contributed by atoms with Gasteiger partial charge in [0, 0.05) is 54.5 Å². The van der Waals surface area contributed by atoms with E-state index in [9.17, 15) is 14.4 Å². The maximum absolute atomic E-state index is 13.4. The van der Waals surface area contributed by atoms with Crippen LogP contribution in [0.3, 0.4) is 0 Å². The molecular formula is C29H28N6O3. The van der Waals surface area contributed by atoms with Crippen molar-refractivity contribution in [3.8, 4) is 11.3 Å². The lowest BCUT2D eigenvalue weighted by molar-refractivity contribution is 0.100. The predicted molar refractivity (Wildman–Crippen MR) is 149 cm³/mol. The number of aryl methyl sites for hydroxylation is 2. The minimum atomic E-state index is -0.526. The van der Waals surface area contributed by atoms with E-state index >= 15 is 0 Å². The number of rotatable bonds is 6. The molecule has 0 atom stereocenters. The van der Waals surface area contributed by atoms with Gasteiger partial charge in [0.2, 0.25) is 5.91 Å². The smallest absolute Gasteiger partial charge is 0.329 e. The molecule has 0 aliphatic carbocycles. The maximum atomic E-state index is 13.4. The first-order valence-electron chi connectivity index (χ1n) is 12.2. The average Bonchev–Trinajstić information content (AvgIpc) is 3.28. The number of benzene rings is 3. The summed E-state index contributed by atoms with van der Waals surface area (Å²) >= 11 is 0. The van der Waals surface area contributed by atoms with Crippen LogP contribution in [-0.4, -0.2) is 34.6 Å². The van der Waals surface area contributed by atoms with Crippen molar-refractivity contribution in [2.45, 2.75) is 13.8 Å². The van der Waals surface area contributed by atoms with E-state index in [0.717, 1.165) is 28.1 Å². The van der Waals surface area contributed by atoms with Crippen molar-refractivity contribution in [3.63, 3.8) is 0 Å². The van der Waals surface area contributed by atoms with E-state index < -0.39 is 5.91 Å². The Kier molecular flexibility index (Phi) is 6.42. The SMILES string of the molecule is Cc1ccc(N2CCN(c3cccc(-c4cn(C)c(=O)c(Nc5ccc(C(N)=O)cc5)n4)c3C)C2=O)cc1. The van der Waals surface area contributed by atoms with Crippen LogP contribution in [0, 0.1) is 13.8 Å². The summed E-state index contributed by atoms with van der Waals surface area (Å²) in [5.41, 5.74) is 11.1. The molecule has 0 bridgehead atoms. The predicted octanol–water partition coefficient (Wildman–Crippen LogP) is 4.35. The molecule has 3 aromatic carbocycles. The molecule has 2 heterocycles. The van der Waals surface area contributed by atoms with Gasteiger partial charge in [-0.2, -0.15) is 0 Å². The van der Waals surface area contributed by atoms with Gasteiger partial charge in [0.15, 0.2) is 5.82 Å². The van der Waals surface area contributed by atoms with E-state index in [2.05, 4.69) is 10.3 Å². The minimum absolute atomic E-state index is 0.0794. The van der Waals surface area contributed by atoms with Gasteiger partial charge in [-0.25, -0.2) is 9.78 Å². The van der Waals surface area contributed by atoms with Gasteiger partial charge in [-0.05, 0) is 61.9 Å². The van der Waals surface area contributed by atoms with Crippen LogP contribution in [0.2, 0.25) is 0 Å². The van der Waals surface area contributed by atoms with Crippen molar-refractivity contribution >= 4 is 34.8 Å². The van der Waals surface area contributed by atoms with Crippen LogP contribution < -0.4 is 26.4 Å². The molecule has 1 aliphatic rings. The molecule has 4 aromatic rings. The third-order valence-electron chi connectivity index (χ3n) is 6.73. The monoisotopic (exact) mass is 508 g/mol. The molecule has 5 rings (SSSR count). The Labute approximate surface area is 220 Å². The summed E-state index contributed by atoms with van der Waals surface area (Å²) in [6.45, 7) is 5.12. The number of anilines is 4. The number of primary amides is 1.